The Labute approximate surface area is 128 Å². The average molecular weight is 309 g/mol. The lowest BCUT2D eigenvalue weighted by atomic mass is 9.96. The number of fused-ring (bicyclic) bond motifs is 1. The largest absolute Gasteiger partial charge is 0.469 e. The van der Waals surface area contributed by atoms with E-state index < -0.39 is 17.3 Å². The maximum atomic E-state index is 12.4. The van der Waals surface area contributed by atoms with Crippen molar-refractivity contribution in [2.24, 2.45) is 0 Å². The molecule has 0 spiro atoms. The molecular weight excluding hydrogens is 292 g/mol. The Morgan fingerprint density at radius 2 is 2.19 bits per heavy atom. The number of Topliss-reactive ketones (excluding diaryl/α,β-unsaturated/α-hetero) is 1. The number of halogens is 1. The van der Waals surface area contributed by atoms with Gasteiger partial charge in [0, 0.05) is 17.3 Å². The van der Waals surface area contributed by atoms with E-state index in [0.717, 1.165) is 0 Å². The highest BCUT2D eigenvalue weighted by atomic mass is 35.5. The van der Waals surface area contributed by atoms with E-state index in [9.17, 15) is 9.59 Å². The molecule has 1 atom stereocenters. The van der Waals surface area contributed by atoms with E-state index in [1.807, 2.05) is 0 Å². The van der Waals surface area contributed by atoms with Crippen LogP contribution in [-0.4, -0.2) is 30.9 Å². The molecule has 1 aliphatic heterocycles. The fraction of sp³-hybridized carbons (Fsp3) is 0.333. The summed E-state index contributed by atoms with van der Waals surface area (Å²) in [6.45, 7) is 5.89. The monoisotopic (exact) mass is 308 g/mol. The zero-order valence-electron chi connectivity index (χ0n) is 12.0. The highest BCUT2D eigenvalue weighted by Crippen LogP contribution is 2.36. The van der Waals surface area contributed by atoms with Crippen molar-refractivity contribution in [1.82, 2.24) is 10.6 Å². The van der Waals surface area contributed by atoms with Gasteiger partial charge in [-0.1, -0.05) is 18.2 Å². The number of hydrogen-bond acceptors (Lipinski definition) is 4. The van der Waals surface area contributed by atoms with Gasteiger partial charge in [-0.15, -0.1) is 0 Å². The summed E-state index contributed by atoms with van der Waals surface area (Å²) in [6, 6.07) is 4.71. The second-order valence-electron chi connectivity index (χ2n) is 5.02. The van der Waals surface area contributed by atoms with Crippen molar-refractivity contribution in [1.29, 1.82) is 0 Å². The van der Waals surface area contributed by atoms with Crippen LogP contribution in [0.1, 0.15) is 23.7 Å². The molecule has 0 unspecified atom stereocenters. The lowest BCUT2D eigenvalue weighted by Gasteiger charge is -2.22. The molecule has 1 aliphatic rings. The maximum Gasteiger partial charge on any atom is 0.276 e. The lowest BCUT2D eigenvalue weighted by Crippen LogP contribution is -2.51. The molecule has 0 aliphatic carbocycles. The smallest absolute Gasteiger partial charge is 0.276 e. The fourth-order valence-electron chi connectivity index (χ4n) is 2.06. The Kier molecular flexibility index (Phi) is 4.34. The summed E-state index contributed by atoms with van der Waals surface area (Å²) in [5.41, 5.74) is -0.739. The van der Waals surface area contributed by atoms with Gasteiger partial charge in [0.2, 0.25) is 11.4 Å². The van der Waals surface area contributed by atoms with E-state index in [-0.39, 0.29) is 0 Å². The predicted octanol–water partition coefficient (Wildman–Crippen LogP) is 1.91. The molecule has 1 heterocycles. The molecule has 0 saturated carbocycles. The molecule has 5 nitrogen and oxygen atoms in total. The summed E-state index contributed by atoms with van der Waals surface area (Å²) in [4.78, 5) is 24.8. The predicted molar refractivity (Wildman–Crippen MR) is 80.6 cm³/mol. The van der Waals surface area contributed by atoms with Crippen LogP contribution in [0.5, 0.6) is 5.75 Å². The van der Waals surface area contributed by atoms with Gasteiger partial charge in [-0.3, -0.25) is 9.59 Å². The van der Waals surface area contributed by atoms with E-state index in [2.05, 4.69) is 17.2 Å². The third kappa shape index (κ3) is 2.94. The van der Waals surface area contributed by atoms with Gasteiger partial charge in [-0.05, 0) is 38.6 Å². The summed E-state index contributed by atoms with van der Waals surface area (Å²) < 4.78 is 5.55. The highest BCUT2D eigenvalue weighted by Gasteiger charge is 2.50. The van der Waals surface area contributed by atoms with Gasteiger partial charge in [0.05, 0.1) is 5.56 Å². The third-order valence-corrected chi connectivity index (χ3v) is 3.57. The Hall–Kier alpha value is -1.85. The Morgan fingerprint density at radius 1 is 1.48 bits per heavy atom. The van der Waals surface area contributed by atoms with Crippen molar-refractivity contribution in [2.45, 2.75) is 18.9 Å². The number of amides is 1. The average Bonchev–Trinajstić information content (AvgIpc) is 2.70. The summed E-state index contributed by atoms with van der Waals surface area (Å²) in [5, 5.41) is 6.00. The summed E-state index contributed by atoms with van der Waals surface area (Å²) >= 11 is 5.87. The van der Waals surface area contributed by atoms with Crippen LogP contribution in [0.25, 0.3) is 0 Å². The molecule has 112 valence electrons. The first-order valence-electron chi connectivity index (χ1n) is 6.55. The first-order valence-corrected chi connectivity index (χ1v) is 6.93. The van der Waals surface area contributed by atoms with E-state index >= 15 is 0 Å². The second-order valence-corrected chi connectivity index (χ2v) is 5.45. The van der Waals surface area contributed by atoms with Gasteiger partial charge in [-0.2, -0.15) is 0 Å². The van der Waals surface area contributed by atoms with Crippen LogP contribution >= 0.6 is 11.6 Å². The van der Waals surface area contributed by atoms with Crippen molar-refractivity contribution >= 4 is 23.3 Å². The molecule has 0 bridgehead atoms. The number of carbonyl (C=O) groups is 2. The molecule has 21 heavy (non-hydrogen) atoms. The van der Waals surface area contributed by atoms with Crippen molar-refractivity contribution in [3.63, 3.8) is 0 Å². The van der Waals surface area contributed by atoms with Gasteiger partial charge in [0.15, 0.2) is 0 Å². The van der Waals surface area contributed by atoms with E-state index in [0.29, 0.717) is 35.0 Å². The van der Waals surface area contributed by atoms with Crippen LogP contribution < -0.4 is 15.4 Å². The molecule has 2 rings (SSSR count). The molecular formula is C15H17ClN2O3. The number of benzene rings is 1. The number of carbonyl (C=O) groups excluding carboxylic acids is 2. The van der Waals surface area contributed by atoms with Crippen LogP contribution in [0.2, 0.25) is 5.02 Å². The van der Waals surface area contributed by atoms with Crippen LogP contribution in [0.4, 0.5) is 0 Å². The minimum absolute atomic E-state index is 0.320. The zero-order valence-corrected chi connectivity index (χ0v) is 12.7. The first-order chi connectivity index (χ1) is 9.88. The Balaban J connectivity index is 2.15. The van der Waals surface area contributed by atoms with Crippen molar-refractivity contribution < 1.29 is 14.3 Å². The van der Waals surface area contributed by atoms with Crippen molar-refractivity contribution in [3.05, 3.63) is 41.1 Å². The number of nitrogens with one attached hydrogen (secondary N) is 2. The van der Waals surface area contributed by atoms with Crippen molar-refractivity contribution in [2.75, 3.05) is 13.6 Å². The number of ketones is 1. The Bertz CT molecular complexity index is 615. The number of ether oxygens (including phenoxy) is 1. The van der Waals surface area contributed by atoms with E-state index in [1.54, 1.807) is 19.2 Å². The number of rotatable bonds is 5. The standard InChI is InChI=1S/C15H17ClN2O3/c1-9(6-7-17-3)18-14(20)15(2)13(19)11-8-10(16)4-5-12(11)21-15/h4-5,8,17H,1,6-7H2,2-3H3,(H,18,20)/t15-/m1/s1. The molecule has 0 radical (unpaired) electrons. The van der Waals surface area contributed by atoms with Gasteiger partial charge >= 0.3 is 0 Å². The van der Waals surface area contributed by atoms with Crippen LogP contribution in [0.3, 0.4) is 0 Å². The zero-order chi connectivity index (χ0) is 15.6. The second kappa shape index (κ2) is 5.87. The van der Waals surface area contributed by atoms with E-state index in [4.69, 9.17) is 16.3 Å². The molecule has 1 amide bonds. The van der Waals surface area contributed by atoms with Crippen LogP contribution in [0.15, 0.2) is 30.5 Å². The first kappa shape index (κ1) is 15.5. The highest BCUT2D eigenvalue weighted by molar-refractivity contribution is 6.31. The van der Waals surface area contributed by atoms with Gasteiger partial charge in [0.1, 0.15) is 5.75 Å². The number of hydrogen-bond donors (Lipinski definition) is 2. The molecule has 0 saturated heterocycles. The molecule has 2 N–H and O–H groups in total. The quantitative estimate of drug-likeness (QED) is 0.816. The van der Waals surface area contributed by atoms with Gasteiger partial charge < -0.3 is 15.4 Å². The molecule has 0 fully saturated rings. The lowest BCUT2D eigenvalue weighted by molar-refractivity contribution is -0.130. The van der Waals surface area contributed by atoms with E-state index in [1.165, 1.54) is 13.0 Å². The Morgan fingerprint density at radius 3 is 2.86 bits per heavy atom. The van der Waals surface area contributed by atoms with Crippen LogP contribution in [-0.2, 0) is 4.79 Å². The molecule has 1 aromatic rings. The van der Waals surface area contributed by atoms with Gasteiger partial charge in [0.25, 0.3) is 5.91 Å². The fourth-order valence-corrected chi connectivity index (χ4v) is 2.23. The molecule has 0 aromatic heterocycles. The molecule has 1 aromatic carbocycles. The summed E-state index contributed by atoms with van der Waals surface area (Å²) in [6.07, 6.45) is 0.575. The third-order valence-electron chi connectivity index (χ3n) is 3.33. The molecule has 6 heteroatoms. The minimum Gasteiger partial charge on any atom is -0.469 e. The minimum atomic E-state index is -1.59. The summed E-state index contributed by atoms with van der Waals surface area (Å²) in [5.74, 6) is -0.567. The topological polar surface area (TPSA) is 67.4 Å². The van der Waals surface area contributed by atoms with Crippen molar-refractivity contribution in [3.8, 4) is 5.75 Å². The normalized spacial score (nSPS) is 19.9. The van der Waals surface area contributed by atoms with Gasteiger partial charge in [-0.25, -0.2) is 0 Å². The maximum absolute atomic E-state index is 12.4. The summed E-state index contributed by atoms with van der Waals surface area (Å²) in [7, 11) is 1.81. The van der Waals surface area contributed by atoms with Crippen LogP contribution in [0, 0.1) is 0 Å². The SMILES string of the molecule is C=C(CCNC)NC(=O)[C@]1(C)Oc2ccc(Cl)cc2C1=O.